The predicted molar refractivity (Wildman–Crippen MR) is 144 cm³/mol. The Kier molecular flexibility index (Phi) is 9.43. The van der Waals surface area contributed by atoms with Crippen LogP contribution in [-0.2, 0) is 26.2 Å². The third-order valence-electron chi connectivity index (χ3n) is 5.84. The zero-order valence-electron chi connectivity index (χ0n) is 22.4. The molecule has 0 saturated heterocycles. The predicted octanol–water partition coefficient (Wildman–Crippen LogP) is 3.70. The summed E-state index contributed by atoms with van der Waals surface area (Å²) in [6.07, 6.45) is 1.24. The van der Waals surface area contributed by atoms with Gasteiger partial charge in [-0.1, -0.05) is 37.3 Å². The third-order valence-corrected chi connectivity index (χ3v) is 6.96. The number of anilines is 1. The lowest BCUT2D eigenvalue weighted by atomic mass is 10.0. The summed E-state index contributed by atoms with van der Waals surface area (Å²) in [7, 11) is -4.01. The van der Waals surface area contributed by atoms with E-state index in [4.69, 9.17) is 0 Å². The third kappa shape index (κ3) is 8.01. The fourth-order valence-corrected chi connectivity index (χ4v) is 4.82. The maximum Gasteiger partial charge on any atom is 0.271 e. The minimum Gasteiger partial charge on any atom is -0.350 e. The van der Waals surface area contributed by atoms with Crippen molar-refractivity contribution < 1.29 is 22.9 Å². The first-order valence-electron chi connectivity index (χ1n) is 11.9. The van der Waals surface area contributed by atoms with Crippen molar-refractivity contribution in [2.75, 3.05) is 17.1 Å². The molecule has 1 N–H and O–H groups in total. The number of non-ortho nitro benzene ring substituents is 1. The molecule has 0 aliphatic heterocycles. The SMILES string of the molecule is CCC(C(=O)NC(C)(C)C)N(Cc1ccccc1C)C(=O)CN(c1cc([N+](=O)[O-])ccc1C)S(C)(=O)=O. The van der Waals surface area contributed by atoms with Gasteiger partial charge in [-0.25, -0.2) is 8.42 Å². The zero-order chi connectivity index (χ0) is 28.1. The Hall–Kier alpha value is -3.47. The number of hydrogen-bond acceptors (Lipinski definition) is 6. The molecule has 1 atom stereocenters. The quantitative estimate of drug-likeness (QED) is 0.367. The molecule has 2 aromatic rings. The second kappa shape index (κ2) is 11.7. The lowest BCUT2D eigenvalue weighted by Gasteiger charge is -2.35. The Bertz CT molecular complexity index is 1270. The number of nitro benzene ring substituents is 1. The summed E-state index contributed by atoms with van der Waals surface area (Å²) >= 11 is 0. The lowest BCUT2D eigenvalue weighted by molar-refractivity contribution is -0.384. The molecule has 0 aliphatic rings. The Morgan fingerprint density at radius 3 is 2.22 bits per heavy atom. The summed E-state index contributed by atoms with van der Waals surface area (Å²) in [5.74, 6) is -0.954. The molecule has 0 spiro atoms. The first-order valence-corrected chi connectivity index (χ1v) is 13.8. The Morgan fingerprint density at radius 2 is 1.70 bits per heavy atom. The van der Waals surface area contributed by atoms with Crippen molar-refractivity contribution in [3.8, 4) is 0 Å². The molecule has 0 aromatic heterocycles. The number of hydrogen-bond donors (Lipinski definition) is 1. The molecule has 2 amide bonds. The van der Waals surface area contributed by atoms with E-state index in [9.17, 15) is 28.1 Å². The molecular formula is C26H36N4O6S. The second-order valence-electron chi connectivity index (χ2n) is 10.1. The van der Waals surface area contributed by atoms with E-state index in [0.717, 1.165) is 27.8 Å². The fraction of sp³-hybridized carbons (Fsp3) is 0.462. The lowest BCUT2D eigenvalue weighted by Crippen LogP contribution is -2.55. The minimum absolute atomic E-state index is 0.0353. The summed E-state index contributed by atoms with van der Waals surface area (Å²) in [6.45, 7) is 10.3. The van der Waals surface area contributed by atoms with Crippen LogP contribution in [0.1, 0.15) is 50.8 Å². The van der Waals surface area contributed by atoms with E-state index in [1.165, 1.54) is 17.0 Å². The van der Waals surface area contributed by atoms with Crippen LogP contribution in [0, 0.1) is 24.0 Å². The van der Waals surface area contributed by atoms with E-state index in [1.807, 2.05) is 52.0 Å². The van der Waals surface area contributed by atoms with Crippen LogP contribution in [0.5, 0.6) is 0 Å². The molecule has 0 radical (unpaired) electrons. The van der Waals surface area contributed by atoms with Crippen molar-refractivity contribution in [1.29, 1.82) is 0 Å². The molecule has 10 nitrogen and oxygen atoms in total. The van der Waals surface area contributed by atoms with E-state index in [1.54, 1.807) is 13.8 Å². The first kappa shape index (κ1) is 29.8. The fourth-order valence-electron chi connectivity index (χ4n) is 3.92. The molecule has 11 heteroatoms. The van der Waals surface area contributed by atoms with Gasteiger partial charge in [0.2, 0.25) is 21.8 Å². The number of aryl methyl sites for hydroxylation is 2. The zero-order valence-corrected chi connectivity index (χ0v) is 23.3. The van der Waals surface area contributed by atoms with E-state index in [2.05, 4.69) is 5.32 Å². The van der Waals surface area contributed by atoms with Crippen LogP contribution in [0.3, 0.4) is 0 Å². The number of rotatable bonds is 10. The summed E-state index contributed by atoms with van der Waals surface area (Å²) in [6, 6.07) is 10.4. The normalized spacial score (nSPS) is 12.5. The van der Waals surface area contributed by atoms with E-state index < -0.39 is 39.0 Å². The van der Waals surface area contributed by atoms with Crippen molar-refractivity contribution in [1.82, 2.24) is 10.2 Å². The van der Waals surface area contributed by atoms with Gasteiger partial charge in [-0.15, -0.1) is 0 Å². The van der Waals surface area contributed by atoms with Crippen LogP contribution in [-0.4, -0.2) is 54.4 Å². The van der Waals surface area contributed by atoms with Crippen LogP contribution in [0.15, 0.2) is 42.5 Å². The van der Waals surface area contributed by atoms with Crippen molar-refractivity contribution >= 4 is 33.2 Å². The van der Waals surface area contributed by atoms with Gasteiger partial charge in [0.05, 0.1) is 16.9 Å². The molecule has 0 heterocycles. The average molecular weight is 533 g/mol. The molecule has 0 bridgehead atoms. The van der Waals surface area contributed by atoms with E-state index in [-0.39, 0.29) is 23.8 Å². The van der Waals surface area contributed by atoms with Gasteiger partial charge >= 0.3 is 0 Å². The van der Waals surface area contributed by atoms with Gasteiger partial charge in [0.25, 0.3) is 5.69 Å². The number of carbonyl (C=O) groups is 2. The molecule has 2 rings (SSSR count). The van der Waals surface area contributed by atoms with Crippen LogP contribution in [0.2, 0.25) is 0 Å². The number of nitrogens with one attached hydrogen (secondary N) is 1. The van der Waals surface area contributed by atoms with Crippen molar-refractivity contribution in [3.05, 3.63) is 69.3 Å². The van der Waals surface area contributed by atoms with Gasteiger partial charge in [0.1, 0.15) is 12.6 Å². The first-order chi connectivity index (χ1) is 17.0. The Morgan fingerprint density at radius 1 is 1.08 bits per heavy atom. The number of benzene rings is 2. The summed E-state index contributed by atoms with van der Waals surface area (Å²) in [4.78, 5) is 39.1. The number of nitrogens with zero attached hydrogens (tertiary/aromatic N) is 3. The highest BCUT2D eigenvalue weighted by Gasteiger charge is 2.33. The average Bonchev–Trinajstić information content (AvgIpc) is 2.77. The maximum absolute atomic E-state index is 13.8. The summed E-state index contributed by atoms with van der Waals surface area (Å²) < 4.78 is 26.5. The van der Waals surface area contributed by atoms with Crippen LogP contribution in [0.4, 0.5) is 11.4 Å². The van der Waals surface area contributed by atoms with Gasteiger partial charge in [0, 0.05) is 24.2 Å². The maximum atomic E-state index is 13.8. The molecule has 0 saturated carbocycles. The standard InChI is InChI=1S/C26H36N4O6S/c1-8-22(25(32)27-26(4,5)6)28(16-20-12-10-9-11-18(20)2)24(31)17-29(37(7,35)36)23-15-21(30(33)34)14-13-19(23)3/h9-15,22H,8,16-17H2,1-7H3,(H,27,32). The summed E-state index contributed by atoms with van der Waals surface area (Å²) in [5, 5.41) is 14.2. The smallest absolute Gasteiger partial charge is 0.271 e. The second-order valence-corrected chi connectivity index (χ2v) is 12.0. The Balaban J connectivity index is 2.56. The minimum atomic E-state index is -4.01. The highest BCUT2D eigenvalue weighted by Crippen LogP contribution is 2.28. The van der Waals surface area contributed by atoms with Crippen molar-refractivity contribution in [2.45, 2.75) is 66.1 Å². The summed E-state index contributed by atoms with van der Waals surface area (Å²) in [5.41, 5.74) is 1.38. The topological polar surface area (TPSA) is 130 Å². The highest BCUT2D eigenvalue weighted by atomic mass is 32.2. The number of nitro groups is 1. The van der Waals surface area contributed by atoms with E-state index >= 15 is 0 Å². The number of carbonyl (C=O) groups excluding carboxylic acids is 2. The van der Waals surface area contributed by atoms with Gasteiger partial charge in [0.15, 0.2) is 0 Å². The molecule has 202 valence electrons. The monoisotopic (exact) mass is 532 g/mol. The van der Waals surface area contributed by atoms with Crippen LogP contribution >= 0.6 is 0 Å². The van der Waals surface area contributed by atoms with E-state index in [0.29, 0.717) is 12.0 Å². The molecule has 0 aliphatic carbocycles. The van der Waals surface area contributed by atoms with Gasteiger partial charge in [-0.3, -0.25) is 24.0 Å². The molecule has 1 unspecified atom stereocenters. The molecule has 2 aromatic carbocycles. The van der Waals surface area contributed by atoms with Gasteiger partial charge in [-0.2, -0.15) is 0 Å². The van der Waals surface area contributed by atoms with Gasteiger partial charge < -0.3 is 10.2 Å². The largest absolute Gasteiger partial charge is 0.350 e. The van der Waals surface area contributed by atoms with Crippen LogP contribution < -0.4 is 9.62 Å². The Labute approximate surface area is 218 Å². The van der Waals surface area contributed by atoms with Crippen molar-refractivity contribution in [3.63, 3.8) is 0 Å². The number of sulfonamides is 1. The molecular weight excluding hydrogens is 496 g/mol. The van der Waals surface area contributed by atoms with Gasteiger partial charge in [-0.05, 0) is 57.7 Å². The highest BCUT2D eigenvalue weighted by molar-refractivity contribution is 7.92. The molecule has 0 fully saturated rings. The van der Waals surface area contributed by atoms with Crippen LogP contribution in [0.25, 0.3) is 0 Å². The van der Waals surface area contributed by atoms with Crippen molar-refractivity contribution in [2.24, 2.45) is 0 Å². The number of amides is 2. The molecule has 37 heavy (non-hydrogen) atoms.